The lowest BCUT2D eigenvalue weighted by Gasteiger charge is -2.18. The largest absolute Gasteiger partial charge is 0.463 e. The maximum absolute atomic E-state index is 12.4. The van der Waals surface area contributed by atoms with Gasteiger partial charge in [-0.3, -0.25) is 4.79 Å². The van der Waals surface area contributed by atoms with Crippen LogP contribution in [0.5, 0.6) is 0 Å². The number of hydrogen-bond donors (Lipinski definition) is 1. The van der Waals surface area contributed by atoms with Crippen LogP contribution in [0.2, 0.25) is 0 Å². The molecule has 0 aliphatic rings. The molecule has 0 aromatic heterocycles. The van der Waals surface area contributed by atoms with Gasteiger partial charge in [0.2, 0.25) is 0 Å². The predicted octanol–water partition coefficient (Wildman–Crippen LogP) is 1.25. The average molecular weight is 248 g/mol. The van der Waals surface area contributed by atoms with Crippen LogP contribution in [0.25, 0.3) is 0 Å². The maximum atomic E-state index is 12.4. The number of carbonyl (C=O) groups is 1. The van der Waals surface area contributed by atoms with E-state index in [0.717, 1.165) is 0 Å². The van der Waals surface area contributed by atoms with Gasteiger partial charge in [-0.05, 0) is 27.1 Å². The van der Waals surface area contributed by atoms with Crippen LogP contribution in [0.3, 0.4) is 0 Å². The van der Waals surface area contributed by atoms with Gasteiger partial charge in [0.1, 0.15) is 0 Å². The molecule has 0 bridgehead atoms. The maximum Gasteiger partial charge on any atom is 0.463 e. The van der Waals surface area contributed by atoms with Crippen LogP contribution in [0.15, 0.2) is 0 Å². The highest BCUT2D eigenvalue weighted by molar-refractivity contribution is 5.84. The van der Waals surface area contributed by atoms with Crippen molar-refractivity contribution in [2.24, 2.45) is 0 Å². The van der Waals surface area contributed by atoms with Crippen molar-refractivity contribution in [3.8, 4) is 0 Å². The van der Waals surface area contributed by atoms with Crippen molar-refractivity contribution < 1.29 is 26.7 Å². The van der Waals surface area contributed by atoms with E-state index < -0.39 is 18.0 Å². The van der Waals surface area contributed by atoms with Gasteiger partial charge in [-0.15, -0.1) is 0 Å². The summed E-state index contributed by atoms with van der Waals surface area (Å²) in [5, 5.41) is 1.55. The number of rotatable bonds is 5. The van der Waals surface area contributed by atoms with Gasteiger partial charge >= 0.3 is 12.1 Å². The zero-order valence-electron chi connectivity index (χ0n) is 8.87. The van der Waals surface area contributed by atoms with Crippen LogP contribution in [0, 0.1) is 0 Å². The highest BCUT2D eigenvalue weighted by Crippen LogP contribution is 2.35. The van der Waals surface area contributed by atoms with Gasteiger partial charge < -0.3 is 10.2 Å². The molecule has 0 aliphatic heterocycles. The second kappa shape index (κ2) is 5.42. The first-order chi connectivity index (χ1) is 7.09. The molecule has 0 saturated carbocycles. The van der Waals surface area contributed by atoms with E-state index in [1.165, 1.54) is 0 Å². The fraction of sp³-hybridized carbons (Fsp3) is 0.875. The summed E-state index contributed by atoms with van der Waals surface area (Å²) in [7, 11) is 3.43. The smallest absolute Gasteiger partial charge is 0.351 e. The topological polar surface area (TPSA) is 32.3 Å². The lowest BCUT2D eigenvalue weighted by Crippen LogP contribution is -2.50. The Morgan fingerprint density at radius 2 is 1.69 bits per heavy atom. The third-order valence-corrected chi connectivity index (χ3v) is 1.71. The van der Waals surface area contributed by atoms with Crippen molar-refractivity contribution >= 4 is 5.91 Å². The summed E-state index contributed by atoms with van der Waals surface area (Å²) in [6.45, 7) is 0.264. The molecule has 8 heteroatoms. The number of halogens is 5. The molecule has 1 amide bonds. The molecule has 0 rings (SSSR count). The normalized spacial score (nSPS) is 13.0. The van der Waals surface area contributed by atoms with Gasteiger partial charge in [0.05, 0.1) is 0 Å². The quantitative estimate of drug-likeness (QED) is 0.586. The number of hydrogen-bond acceptors (Lipinski definition) is 2. The minimum atomic E-state index is -5.85. The van der Waals surface area contributed by atoms with E-state index >= 15 is 0 Å². The second-order valence-corrected chi connectivity index (χ2v) is 3.48. The second-order valence-electron chi connectivity index (χ2n) is 3.48. The molecule has 0 spiro atoms. The Bertz CT molecular complexity index is 239. The fourth-order valence-electron chi connectivity index (χ4n) is 0.837. The van der Waals surface area contributed by atoms with E-state index in [1.54, 1.807) is 24.3 Å². The van der Waals surface area contributed by atoms with Crippen molar-refractivity contribution in [3.63, 3.8) is 0 Å². The highest BCUT2D eigenvalue weighted by Gasteiger charge is 2.63. The van der Waals surface area contributed by atoms with Crippen LogP contribution < -0.4 is 5.32 Å². The Hall–Kier alpha value is -0.920. The molecule has 96 valence electrons. The Balaban J connectivity index is 4.07. The van der Waals surface area contributed by atoms with E-state index in [1.807, 2.05) is 0 Å². The number of carbonyl (C=O) groups excluding carboxylic acids is 1. The first-order valence-corrected chi connectivity index (χ1v) is 4.46. The SMILES string of the molecule is CN(C)CCCNC(=O)C(F)(F)C(F)(F)F. The van der Waals surface area contributed by atoms with Crippen molar-refractivity contribution in [2.45, 2.75) is 18.5 Å². The summed E-state index contributed by atoms with van der Waals surface area (Å²) in [6.07, 6.45) is -5.55. The fourth-order valence-corrected chi connectivity index (χ4v) is 0.837. The lowest BCUT2D eigenvalue weighted by atomic mass is 10.3. The minimum absolute atomic E-state index is 0.220. The van der Waals surface area contributed by atoms with E-state index in [0.29, 0.717) is 13.0 Å². The van der Waals surface area contributed by atoms with Crippen LogP contribution in [-0.2, 0) is 4.79 Å². The third-order valence-electron chi connectivity index (χ3n) is 1.71. The van der Waals surface area contributed by atoms with Gasteiger partial charge in [0.25, 0.3) is 5.91 Å². The first-order valence-electron chi connectivity index (χ1n) is 4.46. The molecule has 0 atom stereocenters. The van der Waals surface area contributed by atoms with Crippen LogP contribution in [0.1, 0.15) is 6.42 Å². The molecule has 0 aromatic carbocycles. The number of alkyl halides is 5. The molecule has 16 heavy (non-hydrogen) atoms. The Morgan fingerprint density at radius 3 is 2.06 bits per heavy atom. The zero-order chi connectivity index (χ0) is 13.0. The average Bonchev–Trinajstić information content (AvgIpc) is 2.09. The van der Waals surface area contributed by atoms with E-state index in [4.69, 9.17) is 0 Å². The monoisotopic (exact) mass is 248 g/mol. The molecule has 0 fully saturated rings. The molecule has 3 nitrogen and oxygen atoms in total. The molecule has 0 radical (unpaired) electrons. The third kappa shape index (κ3) is 4.30. The van der Waals surface area contributed by atoms with Crippen molar-refractivity contribution in [1.29, 1.82) is 0 Å². The van der Waals surface area contributed by atoms with E-state index in [-0.39, 0.29) is 6.54 Å². The Labute approximate surface area is 89.6 Å². The Morgan fingerprint density at radius 1 is 1.19 bits per heavy atom. The van der Waals surface area contributed by atoms with Gasteiger partial charge in [-0.1, -0.05) is 0 Å². The number of nitrogens with one attached hydrogen (secondary N) is 1. The van der Waals surface area contributed by atoms with Gasteiger partial charge in [-0.2, -0.15) is 22.0 Å². The van der Waals surface area contributed by atoms with E-state index in [9.17, 15) is 26.7 Å². The van der Waals surface area contributed by atoms with Crippen LogP contribution in [-0.4, -0.2) is 50.1 Å². The van der Waals surface area contributed by atoms with Gasteiger partial charge in [0.15, 0.2) is 0 Å². The summed E-state index contributed by atoms with van der Waals surface area (Å²) in [5.74, 6) is -7.63. The molecule has 0 unspecified atom stereocenters. The van der Waals surface area contributed by atoms with Crippen LogP contribution >= 0.6 is 0 Å². The van der Waals surface area contributed by atoms with Crippen molar-refractivity contribution in [3.05, 3.63) is 0 Å². The lowest BCUT2D eigenvalue weighted by molar-refractivity contribution is -0.269. The molecular formula is C8H13F5N2O. The number of amides is 1. The van der Waals surface area contributed by atoms with Gasteiger partial charge in [-0.25, -0.2) is 0 Å². The minimum Gasteiger partial charge on any atom is -0.351 e. The summed E-state index contributed by atoms with van der Waals surface area (Å²) in [5.41, 5.74) is 0. The number of nitrogens with zero attached hydrogens (tertiary/aromatic N) is 1. The summed E-state index contributed by atoms with van der Waals surface area (Å²) in [4.78, 5) is 12.3. The standard InChI is InChI=1S/C8H13F5N2O/c1-15(2)5-3-4-14-6(16)7(9,10)8(11,12)13/h3-5H2,1-2H3,(H,14,16). The molecule has 0 aliphatic carbocycles. The molecular weight excluding hydrogens is 235 g/mol. The highest BCUT2D eigenvalue weighted by atomic mass is 19.4. The van der Waals surface area contributed by atoms with Crippen molar-refractivity contribution in [1.82, 2.24) is 10.2 Å². The Kier molecular flexibility index (Phi) is 5.11. The first kappa shape index (κ1) is 15.1. The molecule has 0 aromatic rings. The van der Waals surface area contributed by atoms with E-state index in [2.05, 4.69) is 0 Å². The summed E-state index contributed by atoms with van der Waals surface area (Å²) in [6, 6.07) is 0. The molecule has 0 heterocycles. The summed E-state index contributed by atoms with van der Waals surface area (Å²) < 4.78 is 59.8. The van der Waals surface area contributed by atoms with Gasteiger partial charge in [0, 0.05) is 6.54 Å². The molecule has 0 saturated heterocycles. The van der Waals surface area contributed by atoms with Crippen molar-refractivity contribution in [2.75, 3.05) is 27.2 Å². The molecule has 1 N–H and O–H groups in total. The predicted molar refractivity (Wildman–Crippen MR) is 47.2 cm³/mol. The summed E-state index contributed by atoms with van der Waals surface area (Å²) >= 11 is 0. The zero-order valence-corrected chi connectivity index (χ0v) is 8.87. The van der Waals surface area contributed by atoms with Crippen LogP contribution in [0.4, 0.5) is 22.0 Å².